The van der Waals surface area contributed by atoms with E-state index in [0.717, 1.165) is 24.1 Å². The summed E-state index contributed by atoms with van der Waals surface area (Å²) in [6.07, 6.45) is 4.98. The molecule has 0 saturated heterocycles. The predicted molar refractivity (Wildman–Crippen MR) is 68.4 cm³/mol. The molecule has 0 radical (unpaired) electrons. The second kappa shape index (κ2) is 4.00. The largest absolute Gasteiger partial charge is 0.375 e. The Labute approximate surface area is 103 Å². The van der Waals surface area contributed by atoms with Gasteiger partial charge in [0.2, 0.25) is 0 Å². The van der Waals surface area contributed by atoms with Crippen LogP contribution in [0.25, 0.3) is 0 Å². The van der Waals surface area contributed by atoms with Crippen molar-refractivity contribution in [3.05, 3.63) is 44.8 Å². The Kier molecular flexibility index (Phi) is 2.48. The van der Waals surface area contributed by atoms with Crippen LogP contribution in [-0.2, 0) is 19.4 Å². The van der Waals surface area contributed by atoms with Crippen molar-refractivity contribution in [1.82, 2.24) is 9.55 Å². The van der Waals surface area contributed by atoms with Gasteiger partial charge in [0.25, 0.3) is 5.56 Å². The van der Waals surface area contributed by atoms with Gasteiger partial charge < -0.3 is 10.3 Å². The highest BCUT2D eigenvalue weighted by molar-refractivity contribution is 7.15. The number of nitrogens with two attached hydrogens (primary N) is 1. The van der Waals surface area contributed by atoms with E-state index in [1.54, 1.807) is 12.3 Å². The average molecular weight is 247 g/mol. The molecule has 2 aromatic heterocycles. The maximum atomic E-state index is 11.9. The molecule has 88 valence electrons. The molecular formula is C12H13N3OS. The molecule has 0 amide bonds. The van der Waals surface area contributed by atoms with E-state index >= 15 is 0 Å². The lowest BCUT2D eigenvalue weighted by Crippen LogP contribution is -2.22. The van der Waals surface area contributed by atoms with Crippen molar-refractivity contribution in [2.24, 2.45) is 0 Å². The Hall–Kier alpha value is -1.62. The SMILES string of the molecule is Nc1ncc(Cn2c3c(ccc2=O)CCC3)s1. The predicted octanol–water partition coefficient (Wildman–Crippen LogP) is 1.42. The molecule has 0 saturated carbocycles. The monoisotopic (exact) mass is 247 g/mol. The van der Waals surface area contributed by atoms with Gasteiger partial charge in [-0.15, -0.1) is 11.3 Å². The molecule has 4 nitrogen and oxygen atoms in total. The molecule has 0 aliphatic heterocycles. The van der Waals surface area contributed by atoms with E-state index in [0.29, 0.717) is 11.7 Å². The number of thiazole rings is 1. The quantitative estimate of drug-likeness (QED) is 0.873. The van der Waals surface area contributed by atoms with Crippen molar-refractivity contribution < 1.29 is 0 Å². The topological polar surface area (TPSA) is 60.9 Å². The highest BCUT2D eigenvalue weighted by Crippen LogP contribution is 2.22. The van der Waals surface area contributed by atoms with E-state index in [-0.39, 0.29) is 5.56 Å². The minimum Gasteiger partial charge on any atom is -0.375 e. The summed E-state index contributed by atoms with van der Waals surface area (Å²) in [5.41, 5.74) is 8.16. The minimum atomic E-state index is 0.0672. The second-order valence-corrected chi connectivity index (χ2v) is 5.39. The lowest BCUT2D eigenvalue weighted by molar-refractivity contribution is 0.714. The van der Waals surface area contributed by atoms with Crippen molar-refractivity contribution in [2.45, 2.75) is 25.8 Å². The van der Waals surface area contributed by atoms with Crippen LogP contribution in [0.5, 0.6) is 0 Å². The van der Waals surface area contributed by atoms with E-state index in [2.05, 4.69) is 4.98 Å². The van der Waals surface area contributed by atoms with Gasteiger partial charge in [-0.05, 0) is 24.8 Å². The fourth-order valence-corrected chi connectivity index (χ4v) is 3.03. The van der Waals surface area contributed by atoms with Gasteiger partial charge in [0.15, 0.2) is 5.13 Å². The van der Waals surface area contributed by atoms with Gasteiger partial charge in [0.1, 0.15) is 0 Å². The van der Waals surface area contributed by atoms with Crippen molar-refractivity contribution in [2.75, 3.05) is 5.73 Å². The third-order valence-electron chi connectivity index (χ3n) is 3.13. The third-order valence-corrected chi connectivity index (χ3v) is 3.95. The summed E-state index contributed by atoms with van der Waals surface area (Å²) in [6.45, 7) is 0.594. The first kappa shape index (κ1) is 10.5. The number of pyridine rings is 1. The maximum Gasteiger partial charge on any atom is 0.251 e. The van der Waals surface area contributed by atoms with Crippen molar-refractivity contribution in [3.63, 3.8) is 0 Å². The van der Waals surface area contributed by atoms with Crippen molar-refractivity contribution in [1.29, 1.82) is 0 Å². The Morgan fingerprint density at radius 3 is 3.06 bits per heavy atom. The Balaban J connectivity index is 2.03. The number of aryl methyl sites for hydroxylation is 1. The van der Waals surface area contributed by atoms with E-state index in [4.69, 9.17) is 5.73 Å². The number of nitrogens with zero attached hydrogens (tertiary/aromatic N) is 2. The first-order valence-electron chi connectivity index (χ1n) is 5.66. The summed E-state index contributed by atoms with van der Waals surface area (Å²) in [7, 11) is 0. The molecule has 0 atom stereocenters. The van der Waals surface area contributed by atoms with Gasteiger partial charge in [-0.3, -0.25) is 4.79 Å². The lowest BCUT2D eigenvalue weighted by atomic mass is 10.2. The molecule has 0 aromatic carbocycles. The molecule has 2 heterocycles. The zero-order valence-corrected chi connectivity index (χ0v) is 10.2. The minimum absolute atomic E-state index is 0.0672. The second-order valence-electron chi connectivity index (χ2n) is 4.25. The van der Waals surface area contributed by atoms with Crippen LogP contribution in [0, 0.1) is 0 Å². The van der Waals surface area contributed by atoms with Gasteiger partial charge in [-0.2, -0.15) is 0 Å². The van der Waals surface area contributed by atoms with Crippen LogP contribution in [0.3, 0.4) is 0 Å². The zero-order valence-electron chi connectivity index (χ0n) is 9.35. The standard InChI is InChI=1S/C12H13N3OS/c13-12-14-6-9(17-12)7-15-10-3-1-2-8(10)4-5-11(15)16/h4-6H,1-3,7H2,(H2,13,14). The van der Waals surface area contributed by atoms with Crippen LogP contribution in [0.1, 0.15) is 22.6 Å². The summed E-state index contributed by atoms with van der Waals surface area (Å²) in [5.74, 6) is 0. The fourth-order valence-electron chi connectivity index (χ4n) is 2.36. The van der Waals surface area contributed by atoms with Gasteiger partial charge in [0, 0.05) is 22.8 Å². The fraction of sp³-hybridized carbons (Fsp3) is 0.333. The van der Waals surface area contributed by atoms with Crippen molar-refractivity contribution >= 4 is 16.5 Å². The van der Waals surface area contributed by atoms with Gasteiger partial charge in [0.05, 0.1) is 6.54 Å². The number of rotatable bonds is 2. The average Bonchev–Trinajstić information content (AvgIpc) is 2.91. The molecular weight excluding hydrogens is 234 g/mol. The maximum absolute atomic E-state index is 11.9. The van der Waals surface area contributed by atoms with E-state index < -0.39 is 0 Å². The van der Waals surface area contributed by atoms with E-state index in [1.807, 2.05) is 10.6 Å². The molecule has 0 fully saturated rings. The highest BCUT2D eigenvalue weighted by atomic mass is 32.1. The molecule has 17 heavy (non-hydrogen) atoms. The molecule has 2 N–H and O–H groups in total. The molecule has 1 aliphatic rings. The van der Waals surface area contributed by atoms with Crippen LogP contribution in [0.4, 0.5) is 5.13 Å². The molecule has 0 bridgehead atoms. The third kappa shape index (κ3) is 1.86. The molecule has 3 rings (SSSR count). The number of fused-ring (bicyclic) bond motifs is 1. The van der Waals surface area contributed by atoms with Crippen LogP contribution in [0.15, 0.2) is 23.1 Å². The summed E-state index contributed by atoms with van der Waals surface area (Å²) >= 11 is 1.44. The number of hydrogen-bond acceptors (Lipinski definition) is 4. The van der Waals surface area contributed by atoms with Gasteiger partial charge >= 0.3 is 0 Å². The molecule has 0 spiro atoms. The summed E-state index contributed by atoms with van der Waals surface area (Å²) in [5, 5.41) is 0.556. The number of hydrogen-bond donors (Lipinski definition) is 1. The first-order valence-corrected chi connectivity index (χ1v) is 6.47. The van der Waals surface area contributed by atoms with Crippen LogP contribution in [0.2, 0.25) is 0 Å². The van der Waals surface area contributed by atoms with E-state index in [9.17, 15) is 4.79 Å². The van der Waals surface area contributed by atoms with Crippen LogP contribution >= 0.6 is 11.3 Å². The summed E-state index contributed by atoms with van der Waals surface area (Å²) in [4.78, 5) is 17.0. The molecule has 2 aromatic rings. The molecule has 1 aliphatic carbocycles. The number of anilines is 1. The zero-order chi connectivity index (χ0) is 11.8. The van der Waals surface area contributed by atoms with Crippen LogP contribution < -0.4 is 11.3 Å². The highest BCUT2D eigenvalue weighted by Gasteiger charge is 2.16. The molecule has 5 heteroatoms. The van der Waals surface area contributed by atoms with Crippen molar-refractivity contribution in [3.8, 4) is 0 Å². The summed E-state index contributed by atoms with van der Waals surface area (Å²) < 4.78 is 1.86. The number of aromatic nitrogens is 2. The molecule has 0 unspecified atom stereocenters. The van der Waals surface area contributed by atoms with Crippen LogP contribution in [-0.4, -0.2) is 9.55 Å². The van der Waals surface area contributed by atoms with E-state index in [1.165, 1.54) is 22.6 Å². The summed E-state index contributed by atoms with van der Waals surface area (Å²) in [6, 6.07) is 3.62. The van der Waals surface area contributed by atoms with Gasteiger partial charge in [-0.25, -0.2) is 4.98 Å². The van der Waals surface area contributed by atoms with Gasteiger partial charge in [-0.1, -0.05) is 6.07 Å². The first-order chi connectivity index (χ1) is 8.24. The Morgan fingerprint density at radius 1 is 1.41 bits per heavy atom. The lowest BCUT2D eigenvalue weighted by Gasteiger charge is -2.10. The Bertz CT molecular complexity index is 614. The number of nitrogen functional groups attached to an aromatic ring is 1. The smallest absolute Gasteiger partial charge is 0.251 e. The Morgan fingerprint density at radius 2 is 2.29 bits per heavy atom. The normalized spacial score (nSPS) is 13.9.